The molecule has 1 amide bonds. The van der Waals surface area contributed by atoms with E-state index < -0.39 is 0 Å². The van der Waals surface area contributed by atoms with Crippen LogP contribution in [-0.4, -0.2) is 57.4 Å². The van der Waals surface area contributed by atoms with Gasteiger partial charge in [0.25, 0.3) is 5.91 Å². The minimum Gasteiger partial charge on any atom is -0.489 e. The summed E-state index contributed by atoms with van der Waals surface area (Å²) in [4.78, 5) is 26.7. The van der Waals surface area contributed by atoms with Crippen LogP contribution in [0.25, 0.3) is 0 Å². The van der Waals surface area contributed by atoms with Gasteiger partial charge in [0.05, 0.1) is 25.5 Å². The highest BCUT2D eigenvalue weighted by molar-refractivity contribution is 5.92. The summed E-state index contributed by atoms with van der Waals surface area (Å²) in [5.74, 6) is 1.80. The number of amides is 1. The lowest BCUT2D eigenvalue weighted by Crippen LogP contribution is -2.39. The smallest absolute Gasteiger partial charge is 0.272 e. The van der Waals surface area contributed by atoms with Crippen molar-refractivity contribution in [2.75, 3.05) is 25.1 Å². The van der Waals surface area contributed by atoms with E-state index in [2.05, 4.69) is 35.4 Å². The molecule has 0 bridgehead atoms. The third-order valence-corrected chi connectivity index (χ3v) is 5.23. The summed E-state index contributed by atoms with van der Waals surface area (Å²) in [5, 5.41) is 11.3. The van der Waals surface area contributed by atoms with E-state index in [1.54, 1.807) is 37.7 Å². The van der Waals surface area contributed by atoms with Gasteiger partial charge in [-0.05, 0) is 30.7 Å². The fourth-order valence-corrected chi connectivity index (χ4v) is 3.52. The summed E-state index contributed by atoms with van der Waals surface area (Å²) in [6.45, 7) is 3.84. The number of rotatable bonds is 7. The van der Waals surface area contributed by atoms with Gasteiger partial charge in [0.1, 0.15) is 18.2 Å². The summed E-state index contributed by atoms with van der Waals surface area (Å²) < 4.78 is 11.1. The number of ether oxygens (including phenoxy) is 2. The number of hydrogen-bond donors (Lipinski definition) is 1. The molecule has 10 nitrogen and oxygen atoms in total. The van der Waals surface area contributed by atoms with Gasteiger partial charge in [-0.3, -0.25) is 4.79 Å². The Morgan fingerprint density at radius 1 is 1.19 bits per heavy atom. The minimum absolute atomic E-state index is 0.113. The average Bonchev–Trinajstić information content (AvgIpc) is 2.84. The van der Waals surface area contributed by atoms with Crippen molar-refractivity contribution in [1.82, 2.24) is 30.5 Å². The van der Waals surface area contributed by atoms with E-state index in [-0.39, 0.29) is 17.7 Å². The van der Waals surface area contributed by atoms with Crippen molar-refractivity contribution in [3.05, 3.63) is 59.9 Å². The number of nitrogens with zero attached hydrogens (tertiary/aromatic N) is 6. The molecule has 3 aromatic heterocycles. The van der Waals surface area contributed by atoms with Crippen LogP contribution >= 0.6 is 0 Å². The van der Waals surface area contributed by atoms with Crippen molar-refractivity contribution in [3.8, 4) is 11.6 Å². The first-order chi connectivity index (χ1) is 15.6. The number of anilines is 1. The second kappa shape index (κ2) is 9.99. The molecule has 0 radical (unpaired) electrons. The number of hydrogen-bond acceptors (Lipinski definition) is 9. The quantitative estimate of drug-likeness (QED) is 0.594. The lowest BCUT2D eigenvalue weighted by atomic mass is 10.1. The van der Waals surface area contributed by atoms with Gasteiger partial charge in [-0.2, -0.15) is 0 Å². The summed E-state index contributed by atoms with van der Waals surface area (Å²) in [7, 11) is 1.59. The number of carbonyl (C=O) groups is 1. The average molecular weight is 435 g/mol. The van der Waals surface area contributed by atoms with Gasteiger partial charge in [0.2, 0.25) is 5.88 Å². The van der Waals surface area contributed by atoms with Crippen LogP contribution in [0.4, 0.5) is 5.82 Å². The molecule has 0 aliphatic carbocycles. The lowest BCUT2D eigenvalue weighted by Gasteiger charge is -2.33. The highest BCUT2D eigenvalue weighted by Gasteiger charge is 2.23. The van der Waals surface area contributed by atoms with Gasteiger partial charge < -0.3 is 19.7 Å². The zero-order chi connectivity index (χ0) is 22.3. The highest BCUT2D eigenvalue weighted by atomic mass is 16.5. The van der Waals surface area contributed by atoms with E-state index in [0.29, 0.717) is 12.4 Å². The molecule has 4 heterocycles. The Bertz CT molecular complexity index is 1040. The largest absolute Gasteiger partial charge is 0.489 e. The highest BCUT2D eigenvalue weighted by Crippen LogP contribution is 2.24. The van der Waals surface area contributed by atoms with E-state index in [1.807, 2.05) is 13.0 Å². The fourth-order valence-electron chi connectivity index (χ4n) is 3.52. The number of carbonyl (C=O) groups excluding carboxylic acids is 1. The van der Waals surface area contributed by atoms with Crippen molar-refractivity contribution in [1.29, 1.82) is 0 Å². The molecular weight excluding hydrogens is 410 g/mol. The standard InChI is InChI=1S/C22H25N7O3/c1-15-11-19(22(30)25-12-16-5-8-23-14-26-16)27-28-21(15)29-9-6-17(7-10-29)32-18-3-4-20(31-2)24-13-18/h3-5,8,11,13-14,17H,6-7,9-10,12H2,1-2H3,(H,25,30). The molecule has 1 aliphatic heterocycles. The molecule has 10 heteroatoms. The molecule has 166 valence electrons. The van der Waals surface area contributed by atoms with Crippen LogP contribution in [0.5, 0.6) is 11.6 Å². The number of aryl methyl sites for hydroxylation is 1. The monoisotopic (exact) mass is 435 g/mol. The number of piperidine rings is 1. The zero-order valence-corrected chi connectivity index (χ0v) is 18.1. The predicted octanol–water partition coefficient (Wildman–Crippen LogP) is 1.96. The summed E-state index contributed by atoms with van der Waals surface area (Å²) in [6, 6.07) is 7.17. The van der Waals surface area contributed by atoms with Crippen LogP contribution in [-0.2, 0) is 6.54 Å². The Hall–Kier alpha value is -3.82. The molecule has 1 fully saturated rings. The van der Waals surface area contributed by atoms with Crippen LogP contribution in [0.15, 0.2) is 43.0 Å². The third-order valence-electron chi connectivity index (χ3n) is 5.23. The number of aromatic nitrogens is 5. The van der Waals surface area contributed by atoms with Gasteiger partial charge in [0, 0.05) is 38.2 Å². The van der Waals surface area contributed by atoms with Crippen LogP contribution in [0.2, 0.25) is 0 Å². The van der Waals surface area contributed by atoms with Gasteiger partial charge in [-0.15, -0.1) is 10.2 Å². The van der Waals surface area contributed by atoms with E-state index in [4.69, 9.17) is 9.47 Å². The molecule has 3 aromatic rings. The van der Waals surface area contributed by atoms with Crippen LogP contribution in [0.3, 0.4) is 0 Å². The molecule has 1 aliphatic rings. The van der Waals surface area contributed by atoms with Gasteiger partial charge >= 0.3 is 0 Å². The summed E-state index contributed by atoms with van der Waals surface area (Å²) in [6.07, 6.45) is 6.58. The van der Waals surface area contributed by atoms with Crippen molar-refractivity contribution >= 4 is 11.7 Å². The van der Waals surface area contributed by atoms with Crippen LogP contribution in [0, 0.1) is 6.92 Å². The SMILES string of the molecule is COc1ccc(OC2CCN(c3nnc(C(=O)NCc4ccncn4)cc3C)CC2)cn1. The minimum atomic E-state index is -0.286. The Morgan fingerprint density at radius 2 is 2.03 bits per heavy atom. The van der Waals surface area contributed by atoms with E-state index in [0.717, 1.165) is 48.8 Å². The maximum atomic E-state index is 12.4. The van der Waals surface area contributed by atoms with Crippen molar-refractivity contribution in [2.24, 2.45) is 0 Å². The van der Waals surface area contributed by atoms with Crippen molar-refractivity contribution in [3.63, 3.8) is 0 Å². The first-order valence-corrected chi connectivity index (χ1v) is 10.4. The Labute approximate surface area is 186 Å². The first kappa shape index (κ1) is 21.4. The van der Waals surface area contributed by atoms with Crippen molar-refractivity contribution < 1.29 is 14.3 Å². The summed E-state index contributed by atoms with van der Waals surface area (Å²) in [5.41, 5.74) is 1.92. The van der Waals surface area contributed by atoms with E-state index in [9.17, 15) is 4.79 Å². The van der Waals surface area contributed by atoms with Crippen LogP contribution in [0.1, 0.15) is 34.6 Å². The number of pyridine rings is 1. The molecular formula is C22H25N7O3. The number of methoxy groups -OCH3 is 1. The van der Waals surface area contributed by atoms with Gasteiger partial charge in [0.15, 0.2) is 11.5 Å². The summed E-state index contributed by atoms with van der Waals surface area (Å²) >= 11 is 0. The molecule has 0 atom stereocenters. The molecule has 4 rings (SSSR count). The molecule has 32 heavy (non-hydrogen) atoms. The lowest BCUT2D eigenvalue weighted by molar-refractivity contribution is 0.0944. The van der Waals surface area contributed by atoms with E-state index in [1.165, 1.54) is 6.33 Å². The molecule has 0 unspecified atom stereocenters. The Kier molecular flexibility index (Phi) is 6.69. The second-order valence-electron chi connectivity index (χ2n) is 7.46. The molecule has 0 aromatic carbocycles. The molecule has 1 saturated heterocycles. The second-order valence-corrected chi connectivity index (χ2v) is 7.46. The van der Waals surface area contributed by atoms with Gasteiger partial charge in [-0.1, -0.05) is 0 Å². The molecule has 0 spiro atoms. The number of nitrogens with one attached hydrogen (secondary N) is 1. The van der Waals surface area contributed by atoms with Crippen molar-refractivity contribution in [2.45, 2.75) is 32.4 Å². The zero-order valence-electron chi connectivity index (χ0n) is 18.1. The van der Waals surface area contributed by atoms with E-state index >= 15 is 0 Å². The molecule has 0 saturated carbocycles. The van der Waals surface area contributed by atoms with Gasteiger partial charge in [-0.25, -0.2) is 15.0 Å². The Morgan fingerprint density at radius 3 is 2.69 bits per heavy atom. The Balaban J connectivity index is 1.31. The van der Waals surface area contributed by atoms with Crippen LogP contribution < -0.4 is 19.7 Å². The normalized spacial score (nSPS) is 14.1. The maximum absolute atomic E-state index is 12.4. The predicted molar refractivity (Wildman–Crippen MR) is 117 cm³/mol. The first-order valence-electron chi connectivity index (χ1n) is 10.4. The third kappa shape index (κ3) is 5.26. The molecule has 1 N–H and O–H groups in total. The topological polar surface area (TPSA) is 115 Å². The fraction of sp³-hybridized carbons (Fsp3) is 0.364. The maximum Gasteiger partial charge on any atom is 0.272 e.